The van der Waals surface area contributed by atoms with E-state index in [1.54, 1.807) is 6.26 Å². The molecular weight excluding hydrogens is 560 g/mol. The molecule has 0 saturated carbocycles. The number of carbonyl (C=O) groups is 1. The minimum atomic E-state index is -0.516. The van der Waals surface area contributed by atoms with Crippen molar-refractivity contribution in [3.8, 4) is 33.8 Å². The van der Waals surface area contributed by atoms with E-state index >= 15 is 0 Å². The fraction of sp³-hybridized carbons (Fsp3) is 0.256. The van der Waals surface area contributed by atoms with Gasteiger partial charge in [-0.25, -0.2) is 5.84 Å². The molecule has 5 aromatic rings. The Labute approximate surface area is 266 Å². The third-order valence-electron chi connectivity index (χ3n) is 9.21. The van der Waals surface area contributed by atoms with Crippen LogP contribution in [0.4, 0.5) is 0 Å². The van der Waals surface area contributed by atoms with Gasteiger partial charge in [-0.05, 0) is 146 Å². The molecule has 0 saturated heterocycles. The van der Waals surface area contributed by atoms with Gasteiger partial charge in [0.25, 0.3) is 0 Å². The Hall–Kier alpha value is -4.81. The molecule has 6 heteroatoms. The quantitative estimate of drug-likeness (QED) is 0.1000. The Balaban J connectivity index is 1.47. The van der Waals surface area contributed by atoms with Crippen LogP contribution in [0.25, 0.3) is 22.3 Å². The minimum Gasteiger partial charge on any atom is -0.489 e. The molecule has 232 valence electrons. The van der Waals surface area contributed by atoms with Gasteiger partial charge in [-0.1, -0.05) is 36.4 Å². The molecule has 45 heavy (non-hydrogen) atoms. The summed E-state index contributed by atoms with van der Waals surface area (Å²) in [7, 11) is 0. The summed E-state index contributed by atoms with van der Waals surface area (Å²) in [6.45, 7) is 18.0. The molecular formula is C39H42N2O4. The molecule has 0 radical (unpaired) electrons. The number of carbonyl (C=O) groups excluding carboxylic acids is 1. The Kier molecular flexibility index (Phi) is 9.16. The first-order valence-electron chi connectivity index (χ1n) is 15.2. The molecule has 3 N–H and O–H groups in total. The number of furan rings is 1. The van der Waals surface area contributed by atoms with Crippen molar-refractivity contribution < 1.29 is 18.7 Å². The highest BCUT2D eigenvalue weighted by molar-refractivity contribution is 6.02. The van der Waals surface area contributed by atoms with E-state index in [0.29, 0.717) is 24.5 Å². The van der Waals surface area contributed by atoms with Crippen LogP contribution in [-0.2, 0) is 13.2 Å². The number of amides is 1. The van der Waals surface area contributed by atoms with Gasteiger partial charge in [-0.15, -0.1) is 0 Å². The first kappa shape index (κ1) is 31.6. The molecule has 1 amide bonds. The van der Waals surface area contributed by atoms with E-state index in [0.717, 1.165) is 22.4 Å². The largest absolute Gasteiger partial charge is 0.489 e. The summed E-state index contributed by atoms with van der Waals surface area (Å²) in [5.41, 5.74) is 17.6. The first-order chi connectivity index (χ1) is 21.5. The number of nitrogen functional groups attached to an aromatic ring is 1. The van der Waals surface area contributed by atoms with Crippen molar-refractivity contribution in [3.05, 3.63) is 128 Å². The maximum Gasteiger partial charge on any atom is 0.301 e. The predicted molar refractivity (Wildman–Crippen MR) is 181 cm³/mol. The number of benzene rings is 4. The second-order valence-corrected chi connectivity index (χ2v) is 11.9. The fourth-order valence-corrected chi connectivity index (χ4v) is 5.93. The van der Waals surface area contributed by atoms with E-state index in [4.69, 9.17) is 19.7 Å². The van der Waals surface area contributed by atoms with Gasteiger partial charge in [0.1, 0.15) is 24.7 Å². The summed E-state index contributed by atoms with van der Waals surface area (Å²) >= 11 is 0. The van der Waals surface area contributed by atoms with Crippen LogP contribution in [0.5, 0.6) is 11.5 Å². The predicted octanol–water partition coefficient (Wildman–Crippen LogP) is 8.84. The van der Waals surface area contributed by atoms with Crippen LogP contribution in [0, 0.1) is 55.4 Å². The average Bonchev–Trinajstić information content (AvgIpc) is 3.48. The maximum atomic E-state index is 12.8. The lowest BCUT2D eigenvalue weighted by molar-refractivity contribution is 0.0927. The zero-order valence-corrected chi connectivity index (χ0v) is 27.5. The topological polar surface area (TPSA) is 86.7 Å². The van der Waals surface area contributed by atoms with Crippen LogP contribution in [0.3, 0.4) is 0 Å². The van der Waals surface area contributed by atoms with Gasteiger partial charge in [-0.3, -0.25) is 10.2 Å². The van der Waals surface area contributed by atoms with Crippen molar-refractivity contribution >= 4 is 5.91 Å². The van der Waals surface area contributed by atoms with Crippen molar-refractivity contribution in [3.63, 3.8) is 0 Å². The van der Waals surface area contributed by atoms with E-state index in [2.05, 4.69) is 72.9 Å². The molecule has 4 aromatic carbocycles. The molecule has 0 fully saturated rings. The Bertz CT molecular complexity index is 1850. The number of hydrazine groups is 1. The van der Waals surface area contributed by atoms with Crippen LogP contribution in [-0.4, -0.2) is 5.91 Å². The van der Waals surface area contributed by atoms with Crippen molar-refractivity contribution in [1.29, 1.82) is 0 Å². The highest BCUT2D eigenvalue weighted by Gasteiger charge is 2.23. The van der Waals surface area contributed by atoms with Crippen molar-refractivity contribution in [2.75, 3.05) is 0 Å². The summed E-state index contributed by atoms with van der Waals surface area (Å²) in [5.74, 6) is 6.57. The first-order valence-corrected chi connectivity index (χ1v) is 15.2. The van der Waals surface area contributed by atoms with Crippen molar-refractivity contribution in [2.24, 2.45) is 5.84 Å². The Morgan fingerprint density at radius 3 is 1.58 bits per heavy atom. The fourth-order valence-electron chi connectivity index (χ4n) is 5.93. The van der Waals surface area contributed by atoms with Crippen LogP contribution in [0.1, 0.15) is 66.2 Å². The summed E-state index contributed by atoms with van der Waals surface area (Å²) in [6, 6.07) is 20.0. The lowest BCUT2D eigenvalue weighted by Crippen LogP contribution is -2.30. The molecule has 0 aliphatic carbocycles. The van der Waals surface area contributed by atoms with E-state index in [1.165, 1.54) is 55.6 Å². The van der Waals surface area contributed by atoms with Gasteiger partial charge in [0.2, 0.25) is 5.76 Å². The van der Waals surface area contributed by atoms with E-state index in [-0.39, 0.29) is 5.76 Å². The Morgan fingerprint density at radius 1 is 0.667 bits per heavy atom. The maximum absolute atomic E-state index is 12.8. The molecule has 5 rings (SSSR count). The standard InChI is InChI=1S/C39H42N2O4/c1-22-15-23(2)27(6)34(26(22)5)19-43-32-13-9-11-30(17-32)36-21-45-38(39(42)41-40)37(36)31-12-10-14-33(18-31)44-20-35-28(7)24(3)16-25(4)29(35)8/h9-18,21H,19-20,40H2,1-8H3,(H,41,42). The van der Waals surface area contributed by atoms with Crippen LogP contribution in [0.15, 0.2) is 71.3 Å². The number of nitrogens with one attached hydrogen (secondary N) is 1. The van der Waals surface area contributed by atoms with Gasteiger partial charge in [0.05, 0.1) is 6.26 Å². The van der Waals surface area contributed by atoms with Gasteiger partial charge in [0, 0.05) is 11.1 Å². The molecule has 0 spiro atoms. The molecule has 0 aliphatic rings. The van der Waals surface area contributed by atoms with Gasteiger partial charge in [-0.2, -0.15) is 0 Å². The second-order valence-electron chi connectivity index (χ2n) is 11.9. The molecule has 1 aromatic heterocycles. The molecule has 6 nitrogen and oxygen atoms in total. The van der Waals surface area contributed by atoms with E-state index in [1.807, 2.05) is 48.5 Å². The van der Waals surface area contributed by atoms with Gasteiger partial charge in [0.15, 0.2) is 0 Å². The van der Waals surface area contributed by atoms with E-state index in [9.17, 15) is 4.79 Å². The highest BCUT2D eigenvalue weighted by atomic mass is 16.5. The summed E-state index contributed by atoms with van der Waals surface area (Å²) < 4.78 is 18.5. The summed E-state index contributed by atoms with van der Waals surface area (Å²) in [5, 5.41) is 0. The van der Waals surface area contributed by atoms with Gasteiger partial charge < -0.3 is 13.9 Å². The Morgan fingerprint density at radius 2 is 1.11 bits per heavy atom. The SMILES string of the molecule is Cc1cc(C)c(C)c(COc2cccc(-c3coc(C(=O)NN)c3-c3cccc(OCc4c(C)c(C)cc(C)c4C)c3)c2)c1C. The molecule has 1 heterocycles. The van der Waals surface area contributed by atoms with Crippen LogP contribution >= 0.6 is 0 Å². The highest BCUT2D eigenvalue weighted by Crippen LogP contribution is 2.39. The zero-order chi connectivity index (χ0) is 32.4. The average molecular weight is 603 g/mol. The third-order valence-corrected chi connectivity index (χ3v) is 9.21. The number of ether oxygens (including phenoxy) is 2. The minimum absolute atomic E-state index is 0.124. The normalized spacial score (nSPS) is 11.0. The van der Waals surface area contributed by atoms with Crippen LogP contribution in [0.2, 0.25) is 0 Å². The van der Waals surface area contributed by atoms with Crippen LogP contribution < -0.4 is 20.7 Å². The summed E-state index contributed by atoms with van der Waals surface area (Å²) in [4.78, 5) is 12.8. The number of hydrogen-bond donors (Lipinski definition) is 2. The second kappa shape index (κ2) is 13.0. The monoisotopic (exact) mass is 602 g/mol. The number of nitrogens with two attached hydrogens (primary N) is 1. The summed E-state index contributed by atoms with van der Waals surface area (Å²) in [6.07, 6.45) is 1.59. The number of aryl methyl sites for hydroxylation is 4. The number of rotatable bonds is 9. The van der Waals surface area contributed by atoms with Crippen molar-refractivity contribution in [2.45, 2.75) is 68.6 Å². The van der Waals surface area contributed by atoms with Gasteiger partial charge >= 0.3 is 5.91 Å². The number of hydrogen-bond acceptors (Lipinski definition) is 5. The molecule has 0 aliphatic heterocycles. The smallest absolute Gasteiger partial charge is 0.301 e. The lowest BCUT2D eigenvalue weighted by atomic mass is 9.94. The third kappa shape index (κ3) is 6.38. The van der Waals surface area contributed by atoms with Crippen molar-refractivity contribution in [1.82, 2.24) is 5.43 Å². The zero-order valence-electron chi connectivity index (χ0n) is 27.5. The molecule has 0 atom stereocenters. The lowest BCUT2D eigenvalue weighted by Gasteiger charge is -2.17. The molecule has 0 unspecified atom stereocenters. The van der Waals surface area contributed by atoms with E-state index < -0.39 is 5.91 Å². The molecule has 0 bridgehead atoms.